The third kappa shape index (κ3) is 2.80. The Bertz CT molecular complexity index is 283. The van der Waals surface area contributed by atoms with E-state index in [-0.39, 0.29) is 17.4 Å². The van der Waals surface area contributed by atoms with Crippen LogP contribution in [0.1, 0.15) is 39.0 Å². The number of hydrogen-bond acceptors (Lipinski definition) is 3. The van der Waals surface area contributed by atoms with Gasteiger partial charge in [-0.25, -0.2) is 0 Å². The van der Waals surface area contributed by atoms with Gasteiger partial charge in [0.2, 0.25) is 5.91 Å². The van der Waals surface area contributed by atoms with E-state index in [0.29, 0.717) is 13.1 Å². The highest BCUT2D eigenvalue weighted by Gasteiger charge is 2.44. The predicted molar refractivity (Wildman–Crippen MR) is 66.6 cm³/mol. The van der Waals surface area contributed by atoms with E-state index in [1.54, 1.807) is 0 Å². The number of nitrogens with zero attached hydrogens (tertiary/aromatic N) is 1. The predicted octanol–water partition coefficient (Wildman–Crippen LogP) is 0.749. The number of carbonyl (C=O) groups is 1. The smallest absolute Gasteiger partial charge is 0.234 e. The summed E-state index contributed by atoms with van der Waals surface area (Å²) in [5, 5.41) is 13.0. The molecule has 98 valence electrons. The average Bonchev–Trinajstić information content (AvgIpc) is 2.61. The first-order valence-corrected chi connectivity index (χ1v) is 6.83. The minimum Gasteiger partial charge on any atom is -0.393 e. The maximum absolute atomic E-state index is 11.6. The highest BCUT2D eigenvalue weighted by Crippen LogP contribution is 2.44. The summed E-state index contributed by atoms with van der Waals surface area (Å²) < 4.78 is 0. The van der Waals surface area contributed by atoms with Gasteiger partial charge in [0, 0.05) is 18.5 Å². The van der Waals surface area contributed by atoms with Gasteiger partial charge in [-0.05, 0) is 39.2 Å². The molecule has 0 aromatic carbocycles. The Balaban J connectivity index is 1.91. The first-order chi connectivity index (χ1) is 8.16. The molecule has 1 amide bonds. The van der Waals surface area contributed by atoms with Crippen molar-refractivity contribution in [3.05, 3.63) is 0 Å². The monoisotopic (exact) mass is 240 g/mol. The molecule has 4 nitrogen and oxygen atoms in total. The molecule has 1 saturated heterocycles. The average molecular weight is 240 g/mol. The Hall–Kier alpha value is -0.610. The number of hydrogen-bond donors (Lipinski definition) is 2. The van der Waals surface area contributed by atoms with Crippen molar-refractivity contribution in [2.24, 2.45) is 5.41 Å². The topological polar surface area (TPSA) is 52.6 Å². The van der Waals surface area contributed by atoms with E-state index in [1.165, 1.54) is 0 Å². The molecule has 2 aliphatic rings. The summed E-state index contributed by atoms with van der Waals surface area (Å²) in [5.74, 6) is 0.108. The Morgan fingerprint density at radius 2 is 2.24 bits per heavy atom. The fraction of sp³-hybridized carbons (Fsp3) is 0.923. The third-order valence-corrected chi connectivity index (χ3v) is 4.29. The summed E-state index contributed by atoms with van der Waals surface area (Å²) in [6.45, 7) is 5.01. The Morgan fingerprint density at radius 3 is 2.88 bits per heavy atom. The summed E-state index contributed by atoms with van der Waals surface area (Å²) >= 11 is 0. The van der Waals surface area contributed by atoms with Gasteiger partial charge in [0.25, 0.3) is 0 Å². The summed E-state index contributed by atoms with van der Waals surface area (Å²) in [6.07, 6.45) is 5.28. The van der Waals surface area contributed by atoms with E-state index in [9.17, 15) is 9.90 Å². The van der Waals surface area contributed by atoms with Crippen LogP contribution in [0.2, 0.25) is 0 Å². The lowest BCUT2D eigenvalue weighted by molar-refractivity contribution is -0.123. The van der Waals surface area contributed by atoms with Gasteiger partial charge < -0.3 is 10.4 Å². The summed E-state index contributed by atoms with van der Waals surface area (Å²) in [5.41, 5.74) is 0.0880. The molecule has 0 aromatic heterocycles. The van der Waals surface area contributed by atoms with E-state index < -0.39 is 0 Å². The van der Waals surface area contributed by atoms with Gasteiger partial charge in [0.05, 0.1) is 12.6 Å². The van der Waals surface area contributed by atoms with Crippen molar-refractivity contribution in [3.8, 4) is 0 Å². The molecule has 1 spiro atoms. The molecule has 2 fully saturated rings. The van der Waals surface area contributed by atoms with Gasteiger partial charge >= 0.3 is 0 Å². The zero-order valence-corrected chi connectivity index (χ0v) is 10.7. The molecule has 1 aliphatic heterocycles. The zero-order chi connectivity index (χ0) is 12.3. The molecular weight excluding hydrogens is 216 g/mol. The molecule has 2 atom stereocenters. The number of amides is 1. The van der Waals surface area contributed by atoms with E-state index in [1.807, 2.05) is 6.92 Å². The number of piperidine rings is 1. The largest absolute Gasteiger partial charge is 0.393 e. The number of rotatable bonds is 3. The van der Waals surface area contributed by atoms with Gasteiger partial charge in [-0.3, -0.25) is 9.69 Å². The van der Waals surface area contributed by atoms with Crippen LogP contribution in [0.15, 0.2) is 0 Å². The molecule has 0 radical (unpaired) electrons. The number of aliphatic hydroxyl groups is 1. The Labute approximate surface area is 103 Å². The van der Waals surface area contributed by atoms with Crippen molar-refractivity contribution in [1.82, 2.24) is 10.2 Å². The molecule has 2 N–H and O–H groups in total. The highest BCUT2D eigenvalue weighted by atomic mass is 16.3. The van der Waals surface area contributed by atoms with Gasteiger partial charge in [0.15, 0.2) is 0 Å². The molecule has 1 saturated carbocycles. The van der Waals surface area contributed by atoms with E-state index >= 15 is 0 Å². The Kier molecular flexibility index (Phi) is 4.05. The lowest BCUT2D eigenvalue weighted by atomic mass is 9.77. The molecule has 0 bridgehead atoms. The van der Waals surface area contributed by atoms with Gasteiger partial charge in [0.1, 0.15) is 0 Å². The minimum absolute atomic E-state index is 0.0880. The Morgan fingerprint density at radius 1 is 1.47 bits per heavy atom. The molecule has 1 heterocycles. The number of likely N-dealkylation sites (tertiary alicyclic amines) is 1. The van der Waals surface area contributed by atoms with Gasteiger partial charge in [-0.2, -0.15) is 0 Å². The fourth-order valence-electron chi connectivity index (χ4n) is 3.45. The second-order valence-corrected chi connectivity index (χ2v) is 5.54. The van der Waals surface area contributed by atoms with Crippen LogP contribution >= 0.6 is 0 Å². The third-order valence-electron chi connectivity index (χ3n) is 4.29. The molecule has 0 aromatic rings. The summed E-state index contributed by atoms with van der Waals surface area (Å²) in [4.78, 5) is 13.8. The van der Waals surface area contributed by atoms with Crippen LogP contribution in [0.5, 0.6) is 0 Å². The van der Waals surface area contributed by atoms with Crippen molar-refractivity contribution in [2.75, 3.05) is 26.2 Å². The second kappa shape index (κ2) is 5.36. The van der Waals surface area contributed by atoms with Crippen LogP contribution in [0.3, 0.4) is 0 Å². The van der Waals surface area contributed by atoms with Crippen LogP contribution in [-0.2, 0) is 4.79 Å². The van der Waals surface area contributed by atoms with Crippen molar-refractivity contribution in [2.45, 2.75) is 45.1 Å². The van der Waals surface area contributed by atoms with Crippen molar-refractivity contribution in [1.29, 1.82) is 0 Å². The normalized spacial score (nSPS) is 34.1. The fourth-order valence-corrected chi connectivity index (χ4v) is 3.45. The van der Waals surface area contributed by atoms with Crippen molar-refractivity contribution >= 4 is 5.91 Å². The van der Waals surface area contributed by atoms with Crippen molar-refractivity contribution in [3.63, 3.8) is 0 Å². The first-order valence-electron chi connectivity index (χ1n) is 6.83. The lowest BCUT2D eigenvalue weighted by Crippen LogP contribution is -2.50. The zero-order valence-electron chi connectivity index (χ0n) is 10.7. The maximum Gasteiger partial charge on any atom is 0.234 e. The second-order valence-electron chi connectivity index (χ2n) is 5.54. The van der Waals surface area contributed by atoms with Gasteiger partial charge in [-0.1, -0.05) is 6.42 Å². The van der Waals surface area contributed by atoms with Crippen LogP contribution in [0.25, 0.3) is 0 Å². The van der Waals surface area contributed by atoms with E-state index in [2.05, 4.69) is 10.2 Å². The number of nitrogens with one attached hydrogen (secondary N) is 1. The molecule has 4 heteroatoms. The molecule has 0 unspecified atom stereocenters. The quantitative estimate of drug-likeness (QED) is 0.765. The standard InChI is InChI=1S/C13H24N2O2/c1-2-14-12(17)9-15-8-4-7-13(10-15)6-3-5-11(13)16/h11,16H,2-10H2,1H3,(H,14,17)/t11-,13+/m1/s1. The highest BCUT2D eigenvalue weighted by molar-refractivity contribution is 5.77. The molecule has 17 heavy (non-hydrogen) atoms. The van der Waals surface area contributed by atoms with Crippen LogP contribution in [0.4, 0.5) is 0 Å². The van der Waals surface area contributed by atoms with Crippen LogP contribution in [0, 0.1) is 5.41 Å². The van der Waals surface area contributed by atoms with Gasteiger partial charge in [-0.15, -0.1) is 0 Å². The maximum atomic E-state index is 11.6. The molecule has 2 rings (SSSR count). The van der Waals surface area contributed by atoms with Crippen molar-refractivity contribution < 1.29 is 9.90 Å². The minimum atomic E-state index is -0.153. The molecular formula is C13H24N2O2. The first kappa shape index (κ1) is 12.8. The van der Waals surface area contributed by atoms with Crippen LogP contribution in [-0.4, -0.2) is 48.2 Å². The molecule has 1 aliphatic carbocycles. The summed E-state index contributed by atoms with van der Waals surface area (Å²) in [7, 11) is 0. The summed E-state index contributed by atoms with van der Waals surface area (Å²) in [6, 6.07) is 0. The number of carbonyl (C=O) groups excluding carboxylic acids is 1. The number of aliphatic hydroxyl groups excluding tert-OH is 1. The lowest BCUT2D eigenvalue weighted by Gasteiger charge is -2.42. The van der Waals surface area contributed by atoms with E-state index in [0.717, 1.165) is 45.2 Å². The number of likely N-dealkylation sites (N-methyl/N-ethyl adjacent to an activating group) is 1. The van der Waals surface area contributed by atoms with Crippen LogP contribution < -0.4 is 5.32 Å². The van der Waals surface area contributed by atoms with E-state index in [4.69, 9.17) is 0 Å². The SMILES string of the molecule is CCNC(=O)CN1CCC[C@@]2(CCC[C@H]2O)C1.